The minimum atomic E-state index is 0.671. The van der Waals surface area contributed by atoms with Crippen molar-refractivity contribution in [3.63, 3.8) is 0 Å². The first-order valence-corrected chi connectivity index (χ1v) is 6.68. The zero-order valence-electron chi connectivity index (χ0n) is 11.2. The van der Waals surface area contributed by atoms with E-state index in [1.807, 2.05) is 6.07 Å². The molecule has 2 nitrogen and oxygen atoms in total. The summed E-state index contributed by atoms with van der Waals surface area (Å²) in [5, 5.41) is 0. The molecule has 1 aromatic carbocycles. The number of benzene rings is 1. The van der Waals surface area contributed by atoms with E-state index >= 15 is 0 Å². The lowest BCUT2D eigenvalue weighted by Gasteiger charge is -2.38. The van der Waals surface area contributed by atoms with Gasteiger partial charge in [-0.3, -0.25) is 0 Å². The van der Waals surface area contributed by atoms with Gasteiger partial charge in [0.15, 0.2) is 0 Å². The fourth-order valence-corrected chi connectivity index (χ4v) is 3.06. The summed E-state index contributed by atoms with van der Waals surface area (Å²) in [5.41, 5.74) is 9.38. The Balaban J connectivity index is 2.23. The second kappa shape index (κ2) is 4.99. The van der Waals surface area contributed by atoms with Crippen LogP contribution < -0.4 is 10.6 Å². The fourth-order valence-electron chi connectivity index (χ4n) is 3.06. The SMILES string of the molecule is Cc1ccc(N)cc1N(C)C1CCCCC1C. The molecule has 0 heterocycles. The molecule has 1 aromatic rings. The molecule has 0 saturated heterocycles. The van der Waals surface area contributed by atoms with Crippen molar-refractivity contribution >= 4 is 11.4 Å². The third-order valence-corrected chi connectivity index (χ3v) is 4.18. The number of hydrogen-bond donors (Lipinski definition) is 1. The van der Waals surface area contributed by atoms with Gasteiger partial charge in [0.25, 0.3) is 0 Å². The van der Waals surface area contributed by atoms with Gasteiger partial charge in [-0.1, -0.05) is 25.8 Å². The van der Waals surface area contributed by atoms with Gasteiger partial charge in [0.2, 0.25) is 0 Å². The van der Waals surface area contributed by atoms with Gasteiger partial charge in [-0.2, -0.15) is 0 Å². The number of nitrogens with two attached hydrogens (primary N) is 1. The van der Waals surface area contributed by atoms with Gasteiger partial charge in [-0.05, 0) is 43.4 Å². The van der Waals surface area contributed by atoms with E-state index in [1.165, 1.54) is 36.9 Å². The fraction of sp³-hybridized carbons (Fsp3) is 0.600. The lowest BCUT2D eigenvalue weighted by molar-refractivity contribution is 0.321. The maximum absolute atomic E-state index is 5.90. The minimum absolute atomic E-state index is 0.671. The van der Waals surface area contributed by atoms with Crippen molar-refractivity contribution in [1.82, 2.24) is 0 Å². The van der Waals surface area contributed by atoms with E-state index in [0.29, 0.717) is 6.04 Å². The number of nitrogen functional groups attached to an aromatic ring is 1. The number of anilines is 2. The molecule has 1 fully saturated rings. The Kier molecular flexibility index (Phi) is 3.60. The van der Waals surface area contributed by atoms with Crippen LogP contribution in [-0.4, -0.2) is 13.1 Å². The summed E-state index contributed by atoms with van der Waals surface area (Å²) in [6, 6.07) is 6.88. The molecule has 1 aliphatic rings. The highest BCUT2D eigenvalue weighted by Crippen LogP contribution is 2.32. The zero-order chi connectivity index (χ0) is 12.4. The normalized spacial score (nSPS) is 24.6. The van der Waals surface area contributed by atoms with E-state index in [2.05, 4.69) is 37.9 Å². The smallest absolute Gasteiger partial charge is 0.0416 e. The summed E-state index contributed by atoms with van der Waals surface area (Å²) in [4.78, 5) is 2.44. The zero-order valence-corrected chi connectivity index (χ0v) is 11.2. The Morgan fingerprint density at radius 3 is 2.65 bits per heavy atom. The first kappa shape index (κ1) is 12.3. The molecule has 2 N–H and O–H groups in total. The van der Waals surface area contributed by atoms with Crippen LogP contribution >= 0.6 is 0 Å². The predicted molar refractivity (Wildman–Crippen MR) is 75.4 cm³/mol. The molecule has 0 amide bonds. The Morgan fingerprint density at radius 2 is 1.94 bits per heavy atom. The second-order valence-corrected chi connectivity index (χ2v) is 5.49. The predicted octanol–water partition coefficient (Wildman–Crippen LogP) is 3.59. The molecule has 1 saturated carbocycles. The standard InChI is InChI=1S/C15H24N2/c1-11-6-4-5-7-14(11)17(3)15-10-13(16)9-8-12(15)2/h8-11,14H,4-7,16H2,1-3H3. The molecule has 2 heteroatoms. The lowest BCUT2D eigenvalue weighted by atomic mass is 9.84. The van der Waals surface area contributed by atoms with E-state index in [0.717, 1.165) is 11.6 Å². The molecule has 0 aliphatic heterocycles. The molecule has 2 atom stereocenters. The first-order chi connectivity index (χ1) is 8.09. The molecule has 0 spiro atoms. The van der Waals surface area contributed by atoms with Gasteiger partial charge in [-0.15, -0.1) is 0 Å². The van der Waals surface area contributed by atoms with Crippen LogP contribution in [-0.2, 0) is 0 Å². The van der Waals surface area contributed by atoms with Gasteiger partial charge < -0.3 is 10.6 Å². The number of hydrogen-bond acceptors (Lipinski definition) is 2. The Morgan fingerprint density at radius 1 is 1.24 bits per heavy atom. The van der Waals surface area contributed by atoms with Gasteiger partial charge in [0.05, 0.1) is 0 Å². The summed E-state index contributed by atoms with van der Waals surface area (Å²) in [7, 11) is 2.22. The average molecular weight is 232 g/mol. The largest absolute Gasteiger partial charge is 0.399 e. The van der Waals surface area contributed by atoms with Crippen molar-refractivity contribution in [1.29, 1.82) is 0 Å². The number of rotatable bonds is 2. The van der Waals surface area contributed by atoms with Crippen LogP contribution in [0.15, 0.2) is 18.2 Å². The van der Waals surface area contributed by atoms with E-state index < -0.39 is 0 Å². The van der Waals surface area contributed by atoms with Crippen LogP contribution in [0.25, 0.3) is 0 Å². The highest BCUT2D eigenvalue weighted by molar-refractivity contribution is 5.61. The van der Waals surface area contributed by atoms with Gasteiger partial charge in [-0.25, -0.2) is 0 Å². The maximum atomic E-state index is 5.90. The number of nitrogens with zero attached hydrogens (tertiary/aromatic N) is 1. The van der Waals surface area contributed by atoms with Crippen molar-refractivity contribution in [2.24, 2.45) is 5.92 Å². The first-order valence-electron chi connectivity index (χ1n) is 6.68. The van der Waals surface area contributed by atoms with E-state index in [-0.39, 0.29) is 0 Å². The third kappa shape index (κ3) is 2.56. The van der Waals surface area contributed by atoms with Crippen molar-refractivity contribution in [2.45, 2.75) is 45.6 Å². The molecule has 0 bridgehead atoms. The second-order valence-electron chi connectivity index (χ2n) is 5.49. The lowest BCUT2D eigenvalue weighted by Crippen LogP contribution is -2.39. The van der Waals surface area contributed by atoms with E-state index in [9.17, 15) is 0 Å². The quantitative estimate of drug-likeness (QED) is 0.790. The summed E-state index contributed by atoms with van der Waals surface area (Å²) in [5.74, 6) is 0.787. The highest BCUT2D eigenvalue weighted by atomic mass is 15.1. The van der Waals surface area contributed by atoms with Crippen LogP contribution in [0, 0.1) is 12.8 Å². The van der Waals surface area contributed by atoms with Crippen LogP contribution in [0.4, 0.5) is 11.4 Å². The van der Waals surface area contributed by atoms with Crippen molar-refractivity contribution < 1.29 is 0 Å². The molecule has 17 heavy (non-hydrogen) atoms. The van der Waals surface area contributed by atoms with Crippen LogP contribution in [0.3, 0.4) is 0 Å². The molecular formula is C15H24N2. The third-order valence-electron chi connectivity index (χ3n) is 4.18. The van der Waals surface area contributed by atoms with E-state index in [4.69, 9.17) is 5.73 Å². The van der Waals surface area contributed by atoms with Crippen LogP contribution in [0.1, 0.15) is 38.2 Å². The van der Waals surface area contributed by atoms with Crippen molar-refractivity contribution in [3.8, 4) is 0 Å². The molecular weight excluding hydrogens is 208 g/mol. The van der Waals surface area contributed by atoms with Crippen molar-refractivity contribution in [2.75, 3.05) is 17.7 Å². The average Bonchev–Trinajstić information content (AvgIpc) is 2.32. The topological polar surface area (TPSA) is 29.3 Å². The summed E-state index contributed by atoms with van der Waals surface area (Å²) >= 11 is 0. The van der Waals surface area contributed by atoms with Gasteiger partial charge in [0, 0.05) is 24.5 Å². The molecule has 2 unspecified atom stereocenters. The molecule has 94 valence electrons. The molecule has 0 aromatic heterocycles. The van der Waals surface area contributed by atoms with E-state index in [1.54, 1.807) is 0 Å². The van der Waals surface area contributed by atoms with Crippen LogP contribution in [0.5, 0.6) is 0 Å². The Hall–Kier alpha value is -1.18. The Bertz CT molecular complexity index is 387. The monoisotopic (exact) mass is 232 g/mol. The molecule has 1 aliphatic carbocycles. The maximum Gasteiger partial charge on any atom is 0.0416 e. The van der Waals surface area contributed by atoms with Crippen molar-refractivity contribution in [3.05, 3.63) is 23.8 Å². The molecule has 2 rings (SSSR count). The Labute approximate surface area is 105 Å². The highest BCUT2D eigenvalue weighted by Gasteiger charge is 2.25. The molecule has 0 radical (unpaired) electrons. The summed E-state index contributed by atoms with van der Waals surface area (Å²) in [6.45, 7) is 4.54. The van der Waals surface area contributed by atoms with Crippen LogP contribution in [0.2, 0.25) is 0 Å². The summed E-state index contributed by atoms with van der Waals surface area (Å²) in [6.07, 6.45) is 5.42. The van der Waals surface area contributed by atoms with Gasteiger partial charge >= 0.3 is 0 Å². The summed E-state index contributed by atoms with van der Waals surface area (Å²) < 4.78 is 0. The minimum Gasteiger partial charge on any atom is -0.399 e. The number of aryl methyl sites for hydroxylation is 1. The van der Waals surface area contributed by atoms with Gasteiger partial charge in [0.1, 0.15) is 0 Å².